The molecule has 150 valence electrons. The van der Waals surface area contributed by atoms with E-state index >= 15 is 0 Å². The van der Waals surface area contributed by atoms with Gasteiger partial charge in [0, 0.05) is 11.8 Å². The van der Waals surface area contributed by atoms with Gasteiger partial charge in [0.2, 0.25) is 0 Å². The van der Waals surface area contributed by atoms with E-state index in [0.29, 0.717) is 24.0 Å². The normalized spacial score (nSPS) is 32.3. The predicted molar refractivity (Wildman–Crippen MR) is 114 cm³/mol. The summed E-state index contributed by atoms with van der Waals surface area (Å²) < 4.78 is 0. The summed E-state index contributed by atoms with van der Waals surface area (Å²) in [5.74, 6) is 1.33. The van der Waals surface area contributed by atoms with E-state index in [1.165, 1.54) is 11.1 Å². The Balaban J connectivity index is 1.78. The van der Waals surface area contributed by atoms with Crippen molar-refractivity contribution in [3.05, 3.63) is 58.7 Å². The lowest BCUT2D eigenvalue weighted by molar-refractivity contribution is -0.140. The molecule has 2 heteroatoms. The van der Waals surface area contributed by atoms with E-state index in [0.717, 1.165) is 50.5 Å². The second-order valence-corrected chi connectivity index (χ2v) is 9.25. The monoisotopic (exact) mass is 378 g/mol. The van der Waals surface area contributed by atoms with E-state index in [9.17, 15) is 9.90 Å². The highest BCUT2D eigenvalue weighted by molar-refractivity contribution is 5.93. The van der Waals surface area contributed by atoms with Crippen LogP contribution in [0.3, 0.4) is 0 Å². The Hall–Kier alpha value is -1.67. The van der Waals surface area contributed by atoms with E-state index < -0.39 is 5.60 Å². The molecule has 0 aliphatic heterocycles. The molecule has 1 aromatic carbocycles. The Bertz CT molecular complexity index is 814. The van der Waals surface area contributed by atoms with Crippen molar-refractivity contribution in [1.29, 1.82) is 0 Å². The molecule has 0 heterocycles. The first kappa shape index (κ1) is 19.6. The number of carbonyl (C=O) groups excluding carboxylic acids is 1. The van der Waals surface area contributed by atoms with E-state index in [1.807, 2.05) is 24.3 Å². The van der Waals surface area contributed by atoms with Crippen LogP contribution in [0.4, 0.5) is 0 Å². The molecule has 4 rings (SSSR count). The second-order valence-electron chi connectivity index (χ2n) is 9.25. The molecular formula is C26H34O2. The van der Waals surface area contributed by atoms with Crippen molar-refractivity contribution in [3.63, 3.8) is 0 Å². The lowest BCUT2D eigenvalue weighted by Gasteiger charge is -2.57. The highest BCUT2D eigenvalue weighted by Crippen LogP contribution is 2.62. The highest BCUT2D eigenvalue weighted by Gasteiger charge is 2.56. The van der Waals surface area contributed by atoms with Crippen molar-refractivity contribution in [3.8, 4) is 0 Å². The zero-order chi connectivity index (χ0) is 19.9. The van der Waals surface area contributed by atoms with Gasteiger partial charge in [0.15, 0.2) is 5.78 Å². The van der Waals surface area contributed by atoms with Gasteiger partial charge in [0.1, 0.15) is 0 Å². The average molecular weight is 379 g/mol. The fraction of sp³-hybridized carbons (Fsp3) is 0.577. The van der Waals surface area contributed by atoms with Crippen LogP contribution in [0.25, 0.3) is 0 Å². The van der Waals surface area contributed by atoms with Crippen LogP contribution in [0.15, 0.2) is 53.1 Å². The molecule has 0 radical (unpaired) electrons. The minimum Gasteiger partial charge on any atom is -0.385 e. The van der Waals surface area contributed by atoms with Crippen LogP contribution in [-0.4, -0.2) is 10.9 Å². The number of allylic oxidation sites excluding steroid dienone is 4. The number of aliphatic hydroxyl groups is 1. The second kappa shape index (κ2) is 7.30. The SMILES string of the molecule is CCC1[C@@H]2CCC3=CC(=O)CCC3=C2CCC1(CC)C(C)(O)c1ccccc1. The largest absolute Gasteiger partial charge is 0.385 e. The van der Waals surface area contributed by atoms with Gasteiger partial charge in [0.25, 0.3) is 0 Å². The van der Waals surface area contributed by atoms with Crippen LogP contribution in [0.5, 0.6) is 0 Å². The molecule has 3 aliphatic carbocycles. The molecule has 0 amide bonds. The summed E-state index contributed by atoms with van der Waals surface area (Å²) in [5, 5.41) is 11.9. The maximum atomic E-state index is 11.9. The van der Waals surface area contributed by atoms with Crippen molar-refractivity contribution in [2.75, 3.05) is 0 Å². The first-order valence-corrected chi connectivity index (χ1v) is 11.2. The molecule has 0 bridgehead atoms. The van der Waals surface area contributed by atoms with E-state index in [2.05, 4.69) is 32.9 Å². The van der Waals surface area contributed by atoms with Gasteiger partial charge >= 0.3 is 0 Å². The first-order chi connectivity index (χ1) is 13.4. The number of benzene rings is 1. The summed E-state index contributed by atoms with van der Waals surface area (Å²) in [4.78, 5) is 11.9. The smallest absolute Gasteiger partial charge is 0.156 e. The van der Waals surface area contributed by atoms with Gasteiger partial charge in [-0.05, 0) is 80.1 Å². The summed E-state index contributed by atoms with van der Waals surface area (Å²) in [7, 11) is 0. The summed E-state index contributed by atoms with van der Waals surface area (Å²) in [6.45, 7) is 6.63. The lowest BCUT2D eigenvalue weighted by atomic mass is 9.48. The van der Waals surface area contributed by atoms with Gasteiger partial charge in [-0.1, -0.05) is 56.2 Å². The van der Waals surface area contributed by atoms with Crippen molar-refractivity contribution in [1.82, 2.24) is 0 Å². The van der Waals surface area contributed by atoms with Crippen LogP contribution in [-0.2, 0) is 10.4 Å². The minimum absolute atomic E-state index is 0.108. The number of hydrogen-bond donors (Lipinski definition) is 1. The van der Waals surface area contributed by atoms with Crippen LogP contribution in [0, 0.1) is 17.3 Å². The Morgan fingerprint density at radius 3 is 2.54 bits per heavy atom. The van der Waals surface area contributed by atoms with Crippen LogP contribution >= 0.6 is 0 Å². The van der Waals surface area contributed by atoms with Crippen molar-refractivity contribution in [2.24, 2.45) is 17.3 Å². The first-order valence-electron chi connectivity index (χ1n) is 11.2. The maximum absolute atomic E-state index is 11.9. The minimum atomic E-state index is -0.835. The molecule has 1 fully saturated rings. The Labute approximate surface area is 169 Å². The molecule has 3 unspecified atom stereocenters. The molecular weight excluding hydrogens is 344 g/mol. The third kappa shape index (κ3) is 2.84. The fourth-order valence-electron chi connectivity index (χ4n) is 6.88. The molecule has 1 N–H and O–H groups in total. The molecule has 1 saturated carbocycles. The third-order valence-electron chi connectivity index (χ3n) is 8.32. The molecule has 0 saturated heterocycles. The number of rotatable bonds is 4. The zero-order valence-corrected chi connectivity index (χ0v) is 17.6. The van der Waals surface area contributed by atoms with Crippen molar-refractivity contribution < 1.29 is 9.90 Å². The number of ketones is 1. The van der Waals surface area contributed by atoms with Gasteiger partial charge < -0.3 is 5.11 Å². The summed E-state index contributed by atoms with van der Waals surface area (Å²) in [6.07, 6.45) is 9.86. The Kier molecular flexibility index (Phi) is 5.12. The molecule has 4 atom stereocenters. The van der Waals surface area contributed by atoms with Gasteiger partial charge in [-0.15, -0.1) is 0 Å². The quantitative estimate of drug-likeness (QED) is 0.686. The predicted octanol–water partition coefficient (Wildman–Crippen LogP) is 6.11. The molecule has 3 aliphatic rings. The Morgan fingerprint density at radius 2 is 1.86 bits per heavy atom. The summed E-state index contributed by atoms with van der Waals surface area (Å²) >= 11 is 0. The molecule has 28 heavy (non-hydrogen) atoms. The van der Waals surface area contributed by atoms with Crippen molar-refractivity contribution >= 4 is 5.78 Å². The third-order valence-corrected chi connectivity index (χ3v) is 8.32. The van der Waals surface area contributed by atoms with Gasteiger partial charge in [-0.2, -0.15) is 0 Å². The highest BCUT2D eigenvalue weighted by atomic mass is 16.3. The van der Waals surface area contributed by atoms with E-state index in [1.54, 1.807) is 5.57 Å². The Morgan fingerprint density at radius 1 is 1.11 bits per heavy atom. The van der Waals surface area contributed by atoms with E-state index in [4.69, 9.17) is 0 Å². The van der Waals surface area contributed by atoms with Gasteiger partial charge in [0.05, 0.1) is 5.60 Å². The standard InChI is InChI=1S/C26H34O2/c1-4-24-23-13-11-18-17-20(27)12-14-21(18)22(23)15-16-26(24,5-2)25(3,28)19-9-7-6-8-10-19/h6-10,17,23-24,28H,4-5,11-16H2,1-3H3/t23-,24?,25?,26?/m1/s1. The fourth-order valence-corrected chi connectivity index (χ4v) is 6.88. The topological polar surface area (TPSA) is 37.3 Å². The number of hydrogen-bond acceptors (Lipinski definition) is 2. The average Bonchev–Trinajstić information content (AvgIpc) is 2.72. The molecule has 2 nitrogen and oxygen atoms in total. The molecule has 0 aromatic heterocycles. The summed E-state index contributed by atoms with van der Waals surface area (Å²) in [5.41, 5.74) is 4.53. The van der Waals surface area contributed by atoms with Gasteiger partial charge in [-0.3, -0.25) is 4.79 Å². The zero-order valence-electron chi connectivity index (χ0n) is 17.6. The maximum Gasteiger partial charge on any atom is 0.156 e. The number of carbonyl (C=O) groups is 1. The lowest BCUT2D eigenvalue weighted by Crippen LogP contribution is -2.53. The van der Waals surface area contributed by atoms with Crippen LogP contribution in [0.2, 0.25) is 0 Å². The molecule has 0 spiro atoms. The molecule has 1 aromatic rings. The van der Waals surface area contributed by atoms with Gasteiger partial charge in [-0.25, -0.2) is 0 Å². The number of fused-ring (bicyclic) bond motifs is 2. The van der Waals surface area contributed by atoms with Crippen molar-refractivity contribution in [2.45, 2.75) is 77.7 Å². The van der Waals surface area contributed by atoms with Crippen LogP contribution < -0.4 is 0 Å². The van der Waals surface area contributed by atoms with E-state index in [-0.39, 0.29) is 5.41 Å². The van der Waals surface area contributed by atoms with Crippen LogP contribution in [0.1, 0.15) is 77.7 Å². The summed E-state index contributed by atoms with van der Waals surface area (Å²) in [6, 6.07) is 10.3.